The fraction of sp³-hybridized carbons (Fsp3) is 0.438. The van der Waals surface area contributed by atoms with Gasteiger partial charge >= 0.3 is 0 Å². The van der Waals surface area contributed by atoms with Crippen molar-refractivity contribution in [1.29, 1.82) is 0 Å². The van der Waals surface area contributed by atoms with Gasteiger partial charge in [-0.05, 0) is 17.7 Å². The molecule has 112 valence electrons. The molecule has 0 radical (unpaired) electrons. The van der Waals surface area contributed by atoms with Gasteiger partial charge in [-0.2, -0.15) is 0 Å². The number of carbonyl (C=O) groups excluding carboxylic acids is 1. The molecule has 1 fully saturated rings. The van der Waals surface area contributed by atoms with E-state index >= 15 is 0 Å². The van der Waals surface area contributed by atoms with Crippen molar-refractivity contribution in [3.8, 4) is 0 Å². The molecule has 1 aromatic carbocycles. The third-order valence-corrected chi connectivity index (χ3v) is 4.05. The number of carbonyl (C=O) groups is 1. The van der Waals surface area contributed by atoms with Gasteiger partial charge in [0.05, 0.1) is 0 Å². The molecule has 3 rings (SSSR count). The summed E-state index contributed by atoms with van der Waals surface area (Å²) in [5, 5.41) is 3.16. The molecular formula is C16H20FN3O. The number of amides is 1. The van der Waals surface area contributed by atoms with Crippen molar-refractivity contribution in [2.45, 2.75) is 12.6 Å². The molecule has 1 atom stereocenters. The summed E-state index contributed by atoms with van der Waals surface area (Å²) in [6.45, 7) is 4.82. The highest BCUT2D eigenvalue weighted by Crippen LogP contribution is 2.11. The normalized spacial score (nSPS) is 22.7. The molecule has 0 spiro atoms. The van der Waals surface area contributed by atoms with Crippen molar-refractivity contribution in [2.24, 2.45) is 0 Å². The van der Waals surface area contributed by atoms with Gasteiger partial charge in [0.15, 0.2) is 0 Å². The molecule has 0 aliphatic carbocycles. The fourth-order valence-corrected chi connectivity index (χ4v) is 2.81. The number of benzene rings is 1. The number of nitrogens with one attached hydrogen (secondary N) is 1. The van der Waals surface area contributed by atoms with E-state index in [4.69, 9.17) is 0 Å². The molecule has 2 heterocycles. The summed E-state index contributed by atoms with van der Waals surface area (Å²) in [6, 6.07) is 6.48. The van der Waals surface area contributed by atoms with Crippen LogP contribution < -0.4 is 5.32 Å². The lowest BCUT2D eigenvalue weighted by Gasteiger charge is -2.35. The first-order chi connectivity index (χ1) is 10.2. The average Bonchev–Trinajstić information content (AvgIpc) is 3.04. The summed E-state index contributed by atoms with van der Waals surface area (Å²) in [6.07, 6.45) is 3.93. The Morgan fingerprint density at radius 3 is 2.52 bits per heavy atom. The number of hydrogen-bond donors (Lipinski definition) is 1. The van der Waals surface area contributed by atoms with Crippen LogP contribution in [-0.4, -0.2) is 54.5 Å². The quantitative estimate of drug-likeness (QED) is 0.843. The van der Waals surface area contributed by atoms with E-state index in [1.54, 1.807) is 0 Å². The number of hydrogen-bond acceptors (Lipinski definition) is 3. The third kappa shape index (κ3) is 3.49. The number of rotatable bonds is 3. The van der Waals surface area contributed by atoms with E-state index in [-0.39, 0.29) is 17.8 Å². The molecule has 1 aromatic rings. The van der Waals surface area contributed by atoms with Crippen LogP contribution in [0.2, 0.25) is 0 Å². The first-order valence-corrected chi connectivity index (χ1v) is 7.38. The molecular weight excluding hydrogens is 269 g/mol. The van der Waals surface area contributed by atoms with Gasteiger partial charge in [-0.25, -0.2) is 4.39 Å². The summed E-state index contributed by atoms with van der Waals surface area (Å²) in [7, 11) is 0. The van der Waals surface area contributed by atoms with Crippen LogP contribution in [0, 0.1) is 5.82 Å². The first-order valence-electron chi connectivity index (χ1n) is 7.38. The summed E-state index contributed by atoms with van der Waals surface area (Å²) in [5.74, 6) is -0.0310. The molecule has 0 bridgehead atoms. The van der Waals surface area contributed by atoms with Crippen LogP contribution in [0.1, 0.15) is 5.56 Å². The van der Waals surface area contributed by atoms with Gasteiger partial charge in [-0.15, -0.1) is 0 Å². The van der Waals surface area contributed by atoms with Gasteiger partial charge in [-0.3, -0.25) is 15.0 Å². The van der Waals surface area contributed by atoms with Gasteiger partial charge in [0.1, 0.15) is 11.9 Å². The van der Waals surface area contributed by atoms with Gasteiger partial charge in [0.2, 0.25) is 5.91 Å². The molecule has 21 heavy (non-hydrogen) atoms. The molecule has 0 aromatic heterocycles. The van der Waals surface area contributed by atoms with Crippen molar-refractivity contribution in [3.05, 3.63) is 47.8 Å². The molecule has 0 saturated carbocycles. The molecule has 1 saturated heterocycles. The van der Waals surface area contributed by atoms with E-state index in [0.29, 0.717) is 0 Å². The number of nitrogens with zero attached hydrogens (tertiary/aromatic N) is 2. The Bertz CT molecular complexity index is 521. The van der Waals surface area contributed by atoms with Crippen molar-refractivity contribution in [1.82, 2.24) is 15.1 Å². The van der Waals surface area contributed by atoms with E-state index in [9.17, 15) is 9.18 Å². The van der Waals surface area contributed by atoms with Crippen LogP contribution in [0.4, 0.5) is 4.39 Å². The minimum atomic E-state index is -0.203. The van der Waals surface area contributed by atoms with Gasteiger partial charge in [-0.1, -0.05) is 24.3 Å². The van der Waals surface area contributed by atoms with Crippen LogP contribution in [0.5, 0.6) is 0 Å². The minimum Gasteiger partial charge on any atom is -0.338 e. The molecule has 1 N–H and O–H groups in total. The second-order valence-corrected chi connectivity index (χ2v) is 5.54. The Hall–Kier alpha value is -1.72. The Morgan fingerprint density at radius 1 is 1.19 bits per heavy atom. The maximum absolute atomic E-state index is 12.9. The second kappa shape index (κ2) is 6.37. The molecule has 4 nitrogen and oxygen atoms in total. The Kier molecular flexibility index (Phi) is 4.31. The third-order valence-electron chi connectivity index (χ3n) is 4.05. The zero-order chi connectivity index (χ0) is 14.7. The number of piperazine rings is 1. The van der Waals surface area contributed by atoms with Gasteiger partial charge in [0.25, 0.3) is 0 Å². The minimum absolute atomic E-state index is 0.145. The van der Waals surface area contributed by atoms with E-state index in [0.717, 1.165) is 44.8 Å². The predicted octanol–water partition coefficient (Wildman–Crippen LogP) is 0.998. The van der Waals surface area contributed by atoms with Crippen molar-refractivity contribution in [3.63, 3.8) is 0 Å². The SMILES string of the molecule is O=C([C@H]1C=CCN1)N1CCN(Cc2ccc(F)cc2)CC1. The smallest absolute Gasteiger partial charge is 0.243 e. The van der Waals surface area contributed by atoms with Crippen LogP contribution >= 0.6 is 0 Å². The maximum atomic E-state index is 12.9. The van der Waals surface area contributed by atoms with E-state index in [1.165, 1.54) is 12.1 Å². The molecule has 2 aliphatic heterocycles. The topological polar surface area (TPSA) is 35.6 Å². The summed E-state index contributed by atoms with van der Waals surface area (Å²) in [4.78, 5) is 16.5. The van der Waals surface area contributed by atoms with Crippen molar-refractivity contribution in [2.75, 3.05) is 32.7 Å². The van der Waals surface area contributed by atoms with Gasteiger partial charge in [0, 0.05) is 39.3 Å². The lowest BCUT2D eigenvalue weighted by atomic mass is 10.2. The van der Waals surface area contributed by atoms with Crippen LogP contribution in [0.15, 0.2) is 36.4 Å². The van der Waals surface area contributed by atoms with E-state index in [1.807, 2.05) is 29.2 Å². The van der Waals surface area contributed by atoms with Crippen LogP contribution in [0.25, 0.3) is 0 Å². The fourth-order valence-electron chi connectivity index (χ4n) is 2.81. The zero-order valence-corrected chi connectivity index (χ0v) is 12.0. The van der Waals surface area contributed by atoms with Gasteiger partial charge < -0.3 is 4.90 Å². The molecule has 5 heteroatoms. The molecule has 1 amide bonds. The number of halogens is 1. The monoisotopic (exact) mass is 289 g/mol. The average molecular weight is 289 g/mol. The highest BCUT2D eigenvalue weighted by atomic mass is 19.1. The Morgan fingerprint density at radius 2 is 1.90 bits per heavy atom. The van der Waals surface area contributed by atoms with E-state index < -0.39 is 0 Å². The molecule has 2 aliphatic rings. The van der Waals surface area contributed by atoms with Crippen molar-refractivity contribution < 1.29 is 9.18 Å². The lowest BCUT2D eigenvalue weighted by Crippen LogP contribution is -2.52. The Balaban J connectivity index is 1.49. The lowest BCUT2D eigenvalue weighted by molar-refractivity contribution is -0.133. The van der Waals surface area contributed by atoms with Crippen LogP contribution in [-0.2, 0) is 11.3 Å². The van der Waals surface area contributed by atoms with Crippen molar-refractivity contribution >= 4 is 5.91 Å². The predicted molar refractivity (Wildman–Crippen MR) is 79.2 cm³/mol. The molecule has 0 unspecified atom stereocenters. The van der Waals surface area contributed by atoms with Crippen LogP contribution in [0.3, 0.4) is 0 Å². The highest BCUT2D eigenvalue weighted by Gasteiger charge is 2.26. The summed E-state index contributed by atoms with van der Waals surface area (Å²) < 4.78 is 12.9. The Labute approximate surface area is 124 Å². The first kappa shape index (κ1) is 14.2. The highest BCUT2D eigenvalue weighted by molar-refractivity contribution is 5.84. The summed E-state index contributed by atoms with van der Waals surface area (Å²) in [5.41, 5.74) is 1.11. The van der Waals surface area contributed by atoms with E-state index in [2.05, 4.69) is 10.2 Å². The largest absolute Gasteiger partial charge is 0.338 e. The summed E-state index contributed by atoms with van der Waals surface area (Å²) >= 11 is 0. The standard InChI is InChI=1S/C16H20FN3O/c17-14-5-3-13(4-6-14)12-19-8-10-20(11-9-19)16(21)15-2-1-7-18-15/h1-6,15,18H,7-12H2/t15-/m1/s1. The zero-order valence-electron chi connectivity index (χ0n) is 12.0. The maximum Gasteiger partial charge on any atom is 0.243 e. The second-order valence-electron chi connectivity index (χ2n) is 5.54.